The SMILES string of the molecule is CNC(=O)C(Cc1ccc(OC)cc1)NC(=O)C(CC(C)C)CP(=O)(O)Cc1ccc(NC(=O)c2ccccc2)cc1. The molecule has 3 rings (SSSR count). The van der Waals surface area contributed by atoms with Crippen molar-refractivity contribution in [2.24, 2.45) is 11.8 Å². The second kappa shape index (κ2) is 15.3. The molecule has 0 aliphatic rings. The van der Waals surface area contributed by atoms with E-state index < -0.39 is 25.2 Å². The molecular weight excluding hydrogens is 553 g/mol. The van der Waals surface area contributed by atoms with E-state index in [-0.39, 0.29) is 36.5 Å². The lowest BCUT2D eigenvalue weighted by molar-refractivity contribution is -0.130. The molecule has 42 heavy (non-hydrogen) atoms. The zero-order valence-corrected chi connectivity index (χ0v) is 25.4. The average molecular weight is 594 g/mol. The van der Waals surface area contributed by atoms with Crippen molar-refractivity contribution in [1.82, 2.24) is 10.6 Å². The lowest BCUT2D eigenvalue weighted by atomic mass is 9.97. The van der Waals surface area contributed by atoms with Crippen LogP contribution >= 0.6 is 7.37 Å². The van der Waals surface area contributed by atoms with E-state index in [4.69, 9.17) is 4.74 Å². The summed E-state index contributed by atoms with van der Waals surface area (Å²) in [5, 5.41) is 8.22. The second-order valence-electron chi connectivity index (χ2n) is 10.8. The summed E-state index contributed by atoms with van der Waals surface area (Å²) in [6.07, 6.45) is 0.316. The maximum absolute atomic E-state index is 13.4. The van der Waals surface area contributed by atoms with Crippen LogP contribution < -0.4 is 20.7 Å². The van der Waals surface area contributed by atoms with Gasteiger partial charge in [-0.3, -0.25) is 18.9 Å². The van der Waals surface area contributed by atoms with Crippen LogP contribution in [0.5, 0.6) is 5.75 Å². The number of carbonyl (C=O) groups excluding carboxylic acids is 3. The molecule has 3 unspecified atom stereocenters. The number of anilines is 1. The van der Waals surface area contributed by atoms with Crippen LogP contribution in [0.4, 0.5) is 5.69 Å². The number of nitrogens with one attached hydrogen (secondary N) is 3. The van der Waals surface area contributed by atoms with E-state index in [0.29, 0.717) is 29.0 Å². The van der Waals surface area contributed by atoms with Crippen molar-refractivity contribution in [2.75, 3.05) is 25.6 Å². The minimum absolute atomic E-state index is 0.0910. The van der Waals surface area contributed by atoms with Crippen LogP contribution in [0.15, 0.2) is 78.9 Å². The molecule has 3 amide bonds. The predicted molar refractivity (Wildman–Crippen MR) is 165 cm³/mol. The normalized spacial score (nSPS) is 13.9. The summed E-state index contributed by atoms with van der Waals surface area (Å²) in [4.78, 5) is 49.4. The van der Waals surface area contributed by atoms with E-state index in [9.17, 15) is 23.8 Å². The van der Waals surface area contributed by atoms with Gasteiger partial charge < -0.3 is 25.6 Å². The number of amides is 3. The lowest BCUT2D eigenvalue weighted by Crippen LogP contribution is -2.49. The van der Waals surface area contributed by atoms with Crippen molar-refractivity contribution in [3.05, 3.63) is 95.6 Å². The number of methoxy groups -OCH3 is 1. The van der Waals surface area contributed by atoms with E-state index in [2.05, 4.69) is 16.0 Å². The molecule has 0 aromatic heterocycles. The fraction of sp³-hybridized carbons (Fsp3) is 0.344. The average Bonchev–Trinajstić information content (AvgIpc) is 2.97. The van der Waals surface area contributed by atoms with E-state index in [1.165, 1.54) is 7.05 Å². The van der Waals surface area contributed by atoms with Crippen molar-refractivity contribution >= 4 is 30.8 Å². The van der Waals surface area contributed by atoms with Gasteiger partial charge in [0.05, 0.1) is 7.11 Å². The molecule has 224 valence electrons. The minimum Gasteiger partial charge on any atom is -0.497 e. The Hall–Kier alpha value is -3.94. The first-order chi connectivity index (χ1) is 20.0. The zero-order chi connectivity index (χ0) is 30.7. The van der Waals surface area contributed by atoms with Crippen molar-refractivity contribution < 1.29 is 28.6 Å². The van der Waals surface area contributed by atoms with Gasteiger partial charge in [0.25, 0.3) is 5.91 Å². The van der Waals surface area contributed by atoms with Crippen LogP contribution in [0.1, 0.15) is 41.8 Å². The fourth-order valence-corrected chi connectivity index (χ4v) is 6.60. The number of likely N-dealkylation sites (N-methyl/N-ethyl adjacent to an activating group) is 1. The number of ether oxygens (including phenoxy) is 1. The Morgan fingerprint density at radius 1 is 0.881 bits per heavy atom. The summed E-state index contributed by atoms with van der Waals surface area (Å²) in [5.74, 6) is -1.02. The molecule has 0 fully saturated rings. The molecule has 3 aromatic carbocycles. The van der Waals surface area contributed by atoms with E-state index in [1.54, 1.807) is 67.8 Å². The third-order valence-electron chi connectivity index (χ3n) is 6.79. The summed E-state index contributed by atoms with van der Waals surface area (Å²) in [6.45, 7) is 3.89. The van der Waals surface area contributed by atoms with Crippen LogP contribution in [0.25, 0.3) is 0 Å². The maximum atomic E-state index is 13.4. The van der Waals surface area contributed by atoms with Gasteiger partial charge >= 0.3 is 0 Å². The third-order valence-corrected chi connectivity index (χ3v) is 8.66. The highest BCUT2D eigenvalue weighted by molar-refractivity contribution is 7.57. The summed E-state index contributed by atoms with van der Waals surface area (Å²) in [6, 6.07) is 21.9. The van der Waals surface area contributed by atoms with Gasteiger partial charge in [0.1, 0.15) is 11.8 Å². The molecule has 0 saturated carbocycles. The Bertz CT molecular complexity index is 1380. The number of hydrogen-bond acceptors (Lipinski definition) is 5. The molecule has 0 heterocycles. The van der Waals surface area contributed by atoms with Crippen LogP contribution in [0.2, 0.25) is 0 Å². The molecule has 9 nitrogen and oxygen atoms in total. The van der Waals surface area contributed by atoms with Crippen LogP contribution in [0.3, 0.4) is 0 Å². The van der Waals surface area contributed by atoms with Crippen molar-refractivity contribution in [3.63, 3.8) is 0 Å². The summed E-state index contributed by atoms with van der Waals surface area (Å²) in [7, 11) is -0.714. The van der Waals surface area contributed by atoms with Gasteiger partial charge in [-0.25, -0.2) is 0 Å². The topological polar surface area (TPSA) is 134 Å². The van der Waals surface area contributed by atoms with Crippen molar-refractivity contribution in [3.8, 4) is 5.75 Å². The Morgan fingerprint density at radius 2 is 1.50 bits per heavy atom. The Kier molecular flexibility index (Phi) is 11.9. The first kappa shape index (κ1) is 32.6. The first-order valence-electron chi connectivity index (χ1n) is 13.9. The summed E-state index contributed by atoms with van der Waals surface area (Å²) < 4.78 is 18.6. The smallest absolute Gasteiger partial charge is 0.255 e. The van der Waals surface area contributed by atoms with Gasteiger partial charge in [0.2, 0.25) is 19.2 Å². The van der Waals surface area contributed by atoms with E-state index >= 15 is 0 Å². The predicted octanol–water partition coefficient (Wildman–Crippen LogP) is 4.85. The van der Waals surface area contributed by atoms with Crippen molar-refractivity contribution in [2.45, 2.75) is 38.9 Å². The Labute approximate surface area is 247 Å². The monoisotopic (exact) mass is 593 g/mol. The van der Waals surface area contributed by atoms with Crippen LogP contribution in [-0.4, -0.2) is 49.0 Å². The van der Waals surface area contributed by atoms with E-state index in [1.807, 2.05) is 32.0 Å². The molecule has 0 radical (unpaired) electrons. The van der Waals surface area contributed by atoms with Crippen LogP contribution in [0, 0.1) is 11.8 Å². The quantitative estimate of drug-likeness (QED) is 0.198. The number of benzene rings is 3. The summed E-state index contributed by atoms with van der Waals surface area (Å²) >= 11 is 0. The Balaban J connectivity index is 1.67. The minimum atomic E-state index is -3.78. The second-order valence-corrected chi connectivity index (χ2v) is 13.1. The molecule has 0 aliphatic heterocycles. The van der Waals surface area contributed by atoms with Gasteiger partial charge in [0.15, 0.2) is 0 Å². The molecular formula is C32H40N3O6P. The summed E-state index contributed by atoms with van der Waals surface area (Å²) in [5.41, 5.74) is 2.54. The highest BCUT2D eigenvalue weighted by atomic mass is 31.2. The lowest BCUT2D eigenvalue weighted by Gasteiger charge is -2.25. The van der Waals surface area contributed by atoms with E-state index in [0.717, 1.165) is 5.56 Å². The molecule has 10 heteroatoms. The standard InChI is InChI=1S/C32H40N3O6P/c1-22(2)18-26(31(37)35-29(32(38)33-3)19-23-12-16-28(41-4)17-13-23)21-42(39,40)20-24-10-14-27(15-11-24)34-30(36)25-8-6-5-7-9-25/h5-17,22,26,29H,18-21H2,1-4H3,(H,33,38)(H,34,36)(H,35,37)(H,39,40). The van der Waals surface area contributed by atoms with Gasteiger partial charge in [-0.15, -0.1) is 0 Å². The highest BCUT2D eigenvalue weighted by Gasteiger charge is 2.32. The molecule has 0 spiro atoms. The van der Waals surface area contributed by atoms with Gasteiger partial charge in [-0.1, -0.05) is 56.3 Å². The number of hydrogen-bond donors (Lipinski definition) is 4. The molecule has 3 atom stereocenters. The number of carbonyl (C=O) groups is 3. The fourth-order valence-electron chi connectivity index (χ4n) is 4.68. The maximum Gasteiger partial charge on any atom is 0.255 e. The van der Waals surface area contributed by atoms with Crippen molar-refractivity contribution in [1.29, 1.82) is 0 Å². The largest absolute Gasteiger partial charge is 0.497 e. The molecule has 0 bridgehead atoms. The highest BCUT2D eigenvalue weighted by Crippen LogP contribution is 2.47. The molecule has 3 aromatic rings. The van der Waals surface area contributed by atoms with Gasteiger partial charge in [0, 0.05) is 43.0 Å². The first-order valence-corrected chi connectivity index (χ1v) is 15.9. The van der Waals surface area contributed by atoms with Gasteiger partial charge in [-0.2, -0.15) is 0 Å². The molecule has 0 saturated heterocycles. The third kappa shape index (κ3) is 10.2. The Morgan fingerprint density at radius 3 is 2.07 bits per heavy atom. The zero-order valence-electron chi connectivity index (χ0n) is 24.5. The van der Waals surface area contributed by atoms with Gasteiger partial charge in [-0.05, 0) is 59.9 Å². The molecule has 0 aliphatic carbocycles. The number of rotatable bonds is 14. The molecule has 4 N–H and O–H groups in total. The van der Waals surface area contributed by atoms with Crippen LogP contribution in [-0.2, 0) is 26.7 Å².